The van der Waals surface area contributed by atoms with E-state index in [1.165, 1.54) is 19.1 Å². The summed E-state index contributed by atoms with van der Waals surface area (Å²) in [4.78, 5) is 22.2. The van der Waals surface area contributed by atoms with Crippen molar-refractivity contribution in [2.24, 2.45) is 0 Å². The van der Waals surface area contributed by atoms with E-state index < -0.39 is 40.0 Å². The van der Waals surface area contributed by atoms with Crippen molar-refractivity contribution in [1.29, 1.82) is 0 Å². The lowest BCUT2D eigenvalue weighted by molar-refractivity contribution is -0.383. The molecule has 0 aliphatic heterocycles. The van der Waals surface area contributed by atoms with Gasteiger partial charge in [0.05, 0.1) is 15.6 Å². The minimum atomic E-state index is -4.77. The Kier molecular flexibility index (Phi) is 5.23. The molecule has 0 fully saturated rings. The van der Waals surface area contributed by atoms with Crippen LogP contribution in [0.1, 0.15) is 11.4 Å². The maximum absolute atomic E-state index is 12.8. The highest BCUT2D eigenvalue weighted by molar-refractivity contribution is 6.32. The van der Waals surface area contributed by atoms with Gasteiger partial charge in [-0.2, -0.15) is 18.3 Å². The number of carbonyl (C=O) groups excluding carboxylic acids is 1. The van der Waals surface area contributed by atoms with Gasteiger partial charge in [-0.15, -0.1) is 0 Å². The van der Waals surface area contributed by atoms with E-state index in [0.29, 0.717) is 0 Å². The molecular weight excluding hydrogens is 388 g/mol. The highest BCUT2D eigenvalue weighted by Gasteiger charge is 2.38. The van der Waals surface area contributed by atoms with Crippen LogP contribution in [0.3, 0.4) is 0 Å². The Morgan fingerprint density at radius 2 is 2.04 bits per heavy atom. The molecule has 12 heteroatoms. The lowest BCUT2D eigenvalue weighted by atomic mass is 10.2. The molecule has 0 aliphatic rings. The summed E-state index contributed by atoms with van der Waals surface area (Å²) in [7, 11) is 0. The van der Waals surface area contributed by atoms with Crippen molar-refractivity contribution in [1.82, 2.24) is 9.78 Å². The van der Waals surface area contributed by atoms with Crippen LogP contribution in [0.5, 0.6) is 0 Å². The number of carbonyl (C=O) groups is 1. The van der Waals surface area contributed by atoms with Gasteiger partial charge in [0, 0.05) is 11.1 Å². The fourth-order valence-corrected chi connectivity index (χ4v) is 2.36. The molecule has 1 aromatic heterocycles. The van der Waals surface area contributed by atoms with E-state index >= 15 is 0 Å². The predicted octanol–water partition coefficient (Wildman–Crippen LogP) is 4.06. The summed E-state index contributed by atoms with van der Waals surface area (Å²) in [5.74, 6) is -0.818. The van der Waals surface area contributed by atoms with Gasteiger partial charge in [-0.25, -0.2) is 0 Å². The lowest BCUT2D eigenvalue weighted by Gasteiger charge is -2.07. The molecule has 1 heterocycles. The van der Waals surface area contributed by atoms with Crippen molar-refractivity contribution in [3.63, 3.8) is 0 Å². The number of hydrogen-bond acceptors (Lipinski definition) is 4. The van der Waals surface area contributed by atoms with E-state index in [1.807, 2.05) is 0 Å². The van der Waals surface area contributed by atoms with E-state index in [0.717, 1.165) is 10.7 Å². The molecule has 0 aliphatic carbocycles. The van der Waals surface area contributed by atoms with Crippen molar-refractivity contribution in [2.45, 2.75) is 19.6 Å². The van der Waals surface area contributed by atoms with Crippen molar-refractivity contribution in [2.75, 3.05) is 5.32 Å². The zero-order valence-corrected chi connectivity index (χ0v) is 13.9. The van der Waals surface area contributed by atoms with Crippen molar-refractivity contribution >= 4 is 40.5 Å². The van der Waals surface area contributed by atoms with Crippen LogP contribution in [-0.4, -0.2) is 20.6 Å². The molecule has 25 heavy (non-hydrogen) atoms. The summed E-state index contributed by atoms with van der Waals surface area (Å²) in [5, 5.41) is 16.0. The van der Waals surface area contributed by atoms with Crippen LogP contribution in [0.25, 0.3) is 0 Å². The van der Waals surface area contributed by atoms with Crippen molar-refractivity contribution < 1.29 is 22.9 Å². The van der Waals surface area contributed by atoms with Crippen LogP contribution in [0.15, 0.2) is 18.2 Å². The molecule has 1 amide bonds. The highest BCUT2D eigenvalue weighted by atomic mass is 35.5. The molecule has 7 nitrogen and oxygen atoms in total. The summed E-state index contributed by atoms with van der Waals surface area (Å²) in [6.07, 6.45) is -4.77. The van der Waals surface area contributed by atoms with Crippen molar-refractivity contribution in [3.05, 3.63) is 49.7 Å². The Labute approximate surface area is 148 Å². The molecule has 1 aromatic carbocycles. The number of benzene rings is 1. The maximum Gasteiger partial charge on any atom is 0.436 e. The molecule has 0 radical (unpaired) electrons. The summed E-state index contributed by atoms with van der Waals surface area (Å²) < 4.78 is 39.0. The van der Waals surface area contributed by atoms with Crippen LogP contribution in [-0.2, 0) is 17.5 Å². The zero-order chi connectivity index (χ0) is 18.9. The average Bonchev–Trinajstić information content (AvgIpc) is 2.77. The predicted molar refractivity (Wildman–Crippen MR) is 83.7 cm³/mol. The fourth-order valence-electron chi connectivity index (χ4n) is 1.95. The summed E-state index contributed by atoms with van der Waals surface area (Å²) in [5.41, 5.74) is -1.97. The highest BCUT2D eigenvalue weighted by Crippen LogP contribution is 2.35. The monoisotopic (exact) mass is 396 g/mol. The van der Waals surface area contributed by atoms with E-state index in [2.05, 4.69) is 10.4 Å². The Bertz CT molecular complexity index is 852. The van der Waals surface area contributed by atoms with E-state index in [9.17, 15) is 28.1 Å². The second-order valence-corrected chi connectivity index (χ2v) is 5.68. The van der Waals surface area contributed by atoms with Crippen LogP contribution in [0.2, 0.25) is 10.0 Å². The first-order valence-corrected chi connectivity index (χ1v) is 7.30. The normalized spacial score (nSPS) is 11.4. The Balaban J connectivity index is 2.24. The molecule has 134 valence electrons. The molecule has 2 rings (SSSR count). The first-order valence-electron chi connectivity index (χ1n) is 6.54. The number of nitro groups is 1. The number of rotatable bonds is 4. The van der Waals surface area contributed by atoms with E-state index in [1.54, 1.807) is 0 Å². The number of hydrogen-bond donors (Lipinski definition) is 1. The zero-order valence-electron chi connectivity index (χ0n) is 12.4. The third-order valence-electron chi connectivity index (χ3n) is 3.13. The quantitative estimate of drug-likeness (QED) is 0.622. The topological polar surface area (TPSA) is 90.1 Å². The second-order valence-electron chi connectivity index (χ2n) is 4.87. The Morgan fingerprint density at radius 3 is 2.56 bits per heavy atom. The minimum Gasteiger partial charge on any atom is -0.319 e. The molecule has 0 unspecified atom stereocenters. The lowest BCUT2D eigenvalue weighted by Crippen LogP contribution is -2.21. The third kappa shape index (κ3) is 4.20. The largest absolute Gasteiger partial charge is 0.436 e. The second kappa shape index (κ2) is 6.89. The number of nitrogens with one attached hydrogen (secondary N) is 1. The Hall–Kier alpha value is -2.33. The molecule has 0 saturated carbocycles. The summed E-state index contributed by atoms with van der Waals surface area (Å²) in [6.45, 7) is 0.657. The van der Waals surface area contributed by atoms with Gasteiger partial charge >= 0.3 is 6.18 Å². The summed E-state index contributed by atoms with van der Waals surface area (Å²) in [6, 6.07) is 3.57. The van der Waals surface area contributed by atoms with Crippen LogP contribution in [0.4, 0.5) is 24.5 Å². The number of amides is 1. The first-order chi connectivity index (χ1) is 11.5. The number of nitro benzene ring substituents is 1. The van der Waals surface area contributed by atoms with Crippen LogP contribution < -0.4 is 5.32 Å². The van der Waals surface area contributed by atoms with Gasteiger partial charge in [0.2, 0.25) is 5.91 Å². The van der Waals surface area contributed by atoms with Gasteiger partial charge in [0.25, 0.3) is 5.69 Å². The smallest absolute Gasteiger partial charge is 0.319 e. The van der Waals surface area contributed by atoms with Gasteiger partial charge in [-0.05, 0) is 19.1 Å². The first kappa shape index (κ1) is 19.0. The number of alkyl halides is 3. The van der Waals surface area contributed by atoms with E-state index in [-0.39, 0.29) is 16.4 Å². The molecular formula is C13H9Cl2F3N4O3. The average molecular weight is 397 g/mol. The molecule has 0 bridgehead atoms. The molecule has 2 aromatic rings. The molecule has 0 spiro atoms. The van der Waals surface area contributed by atoms with Gasteiger partial charge in [-0.1, -0.05) is 23.2 Å². The van der Waals surface area contributed by atoms with Crippen molar-refractivity contribution in [3.8, 4) is 0 Å². The minimum absolute atomic E-state index is 0.0604. The fraction of sp³-hybridized carbons (Fsp3) is 0.231. The van der Waals surface area contributed by atoms with Gasteiger partial charge in [-0.3, -0.25) is 19.6 Å². The van der Waals surface area contributed by atoms with Gasteiger partial charge in [0.1, 0.15) is 12.2 Å². The molecule has 0 atom stereocenters. The van der Waals surface area contributed by atoms with Gasteiger partial charge in [0.15, 0.2) is 5.69 Å². The SMILES string of the molecule is Cc1c(Cl)c(C(F)(F)F)nn1CC(=O)Nc1ccc(Cl)cc1[N+](=O)[O-]. The molecule has 1 N–H and O–H groups in total. The third-order valence-corrected chi connectivity index (χ3v) is 3.81. The summed E-state index contributed by atoms with van der Waals surface area (Å²) >= 11 is 11.2. The van der Waals surface area contributed by atoms with Crippen LogP contribution in [0, 0.1) is 17.0 Å². The Morgan fingerprint density at radius 1 is 1.40 bits per heavy atom. The number of nitrogens with zero attached hydrogens (tertiary/aromatic N) is 3. The molecule has 0 saturated heterocycles. The number of anilines is 1. The van der Waals surface area contributed by atoms with E-state index in [4.69, 9.17) is 23.2 Å². The maximum atomic E-state index is 12.8. The standard InChI is InChI=1S/C13H9Cl2F3N4O3/c1-6-11(15)12(13(16,17)18)20-21(6)5-10(23)19-8-3-2-7(14)4-9(8)22(24)25/h2-4H,5H2,1H3,(H,19,23). The van der Waals surface area contributed by atoms with Crippen LogP contribution >= 0.6 is 23.2 Å². The number of aromatic nitrogens is 2. The number of halogens is 5. The van der Waals surface area contributed by atoms with Gasteiger partial charge < -0.3 is 5.32 Å².